The van der Waals surface area contributed by atoms with Gasteiger partial charge in [-0.15, -0.1) is 0 Å². The summed E-state index contributed by atoms with van der Waals surface area (Å²) in [5.41, 5.74) is 2.33. The van der Waals surface area contributed by atoms with Gasteiger partial charge in [0.15, 0.2) is 5.82 Å². The number of nitrogens with zero attached hydrogens (tertiary/aromatic N) is 2. The molecule has 1 unspecified atom stereocenters. The van der Waals surface area contributed by atoms with Crippen molar-refractivity contribution < 1.29 is 8.42 Å². The number of fused-ring (bicyclic) bond motifs is 3. The van der Waals surface area contributed by atoms with E-state index in [1.807, 2.05) is 0 Å². The van der Waals surface area contributed by atoms with Gasteiger partial charge >= 0.3 is 0 Å². The molecule has 3 aliphatic rings. The van der Waals surface area contributed by atoms with E-state index >= 15 is 0 Å². The van der Waals surface area contributed by atoms with Gasteiger partial charge in [-0.2, -0.15) is 0 Å². The van der Waals surface area contributed by atoms with Crippen LogP contribution in [0.2, 0.25) is 0 Å². The maximum absolute atomic E-state index is 12.5. The first-order valence-electron chi connectivity index (χ1n) is 6.76. The van der Waals surface area contributed by atoms with E-state index in [0.717, 1.165) is 32.5 Å². The van der Waals surface area contributed by atoms with Crippen LogP contribution in [0.1, 0.15) is 12.8 Å². The van der Waals surface area contributed by atoms with Gasteiger partial charge in [-0.05, 0) is 44.0 Å². The van der Waals surface area contributed by atoms with Crippen LogP contribution in [-0.2, 0) is 10.0 Å². The fourth-order valence-corrected chi connectivity index (χ4v) is 4.49. The Morgan fingerprint density at radius 1 is 1.35 bits per heavy atom. The highest BCUT2D eigenvalue weighted by molar-refractivity contribution is 7.89. The average molecular weight is 297 g/mol. The van der Waals surface area contributed by atoms with E-state index < -0.39 is 10.0 Å². The summed E-state index contributed by atoms with van der Waals surface area (Å²) < 4.78 is 27.8. The van der Waals surface area contributed by atoms with Crippen molar-refractivity contribution in [2.75, 3.05) is 25.1 Å². The van der Waals surface area contributed by atoms with Gasteiger partial charge in [-0.1, -0.05) is 0 Å². The van der Waals surface area contributed by atoms with Gasteiger partial charge in [0.05, 0.1) is 0 Å². The number of anilines is 1. The molecule has 0 amide bonds. The van der Waals surface area contributed by atoms with Crippen LogP contribution >= 0.6 is 0 Å². The first-order chi connectivity index (χ1) is 9.60. The van der Waals surface area contributed by atoms with Crippen LogP contribution < -0.4 is 16.0 Å². The van der Waals surface area contributed by atoms with Crippen LogP contribution in [0.25, 0.3) is 0 Å². The Hall–Kier alpha value is -1.22. The Bertz CT molecular complexity index is 583. The maximum atomic E-state index is 12.5. The van der Waals surface area contributed by atoms with Crippen molar-refractivity contribution in [1.82, 2.24) is 14.6 Å². The molecule has 8 heteroatoms. The lowest BCUT2D eigenvalue weighted by molar-refractivity contribution is 0.0827. The van der Waals surface area contributed by atoms with Crippen LogP contribution in [0.15, 0.2) is 23.2 Å². The second-order valence-corrected chi connectivity index (χ2v) is 7.04. The zero-order valence-electron chi connectivity index (χ0n) is 11.1. The molecule has 2 bridgehead atoms. The topological polar surface area (TPSA) is 100 Å². The van der Waals surface area contributed by atoms with Crippen molar-refractivity contribution in [2.45, 2.75) is 23.8 Å². The number of nitrogen functional groups attached to an aromatic ring is 1. The van der Waals surface area contributed by atoms with Crippen molar-refractivity contribution >= 4 is 15.8 Å². The van der Waals surface area contributed by atoms with Gasteiger partial charge in [-0.25, -0.2) is 24.0 Å². The van der Waals surface area contributed by atoms with Crippen LogP contribution in [0, 0.1) is 5.92 Å². The van der Waals surface area contributed by atoms with E-state index in [1.54, 1.807) is 6.07 Å². The fraction of sp³-hybridized carbons (Fsp3) is 0.583. The molecule has 1 aromatic heterocycles. The number of hydrogen-bond acceptors (Lipinski definition) is 6. The third kappa shape index (κ3) is 2.51. The first-order valence-corrected chi connectivity index (χ1v) is 8.25. The van der Waals surface area contributed by atoms with Gasteiger partial charge < -0.3 is 10.3 Å². The predicted octanol–water partition coefficient (Wildman–Crippen LogP) is -0.260. The lowest BCUT2D eigenvalue weighted by atomic mass is 9.85. The van der Waals surface area contributed by atoms with Crippen molar-refractivity contribution in [3.63, 3.8) is 0 Å². The molecular weight excluding hydrogens is 278 g/mol. The first kappa shape index (κ1) is 13.7. The van der Waals surface area contributed by atoms with Crippen molar-refractivity contribution in [2.24, 2.45) is 11.8 Å². The quantitative estimate of drug-likeness (QED) is 0.523. The molecular formula is C12H19N5O2S. The third-order valence-corrected chi connectivity index (χ3v) is 5.68. The zero-order valence-corrected chi connectivity index (χ0v) is 11.9. The second-order valence-electron chi connectivity index (χ2n) is 5.36. The highest BCUT2D eigenvalue weighted by atomic mass is 32.2. The smallest absolute Gasteiger partial charge is 0.244 e. The number of rotatable bonds is 4. The largest absolute Gasteiger partial charge is 0.307 e. The highest BCUT2D eigenvalue weighted by Crippen LogP contribution is 2.29. The molecule has 0 radical (unpaired) electrons. The molecule has 20 heavy (non-hydrogen) atoms. The molecule has 110 valence electrons. The second kappa shape index (κ2) is 5.28. The highest BCUT2D eigenvalue weighted by Gasteiger charge is 2.37. The zero-order chi connectivity index (χ0) is 14.2. The summed E-state index contributed by atoms with van der Waals surface area (Å²) in [5.74, 6) is 5.93. The molecule has 0 aliphatic carbocycles. The number of pyridine rings is 1. The molecule has 0 spiro atoms. The van der Waals surface area contributed by atoms with E-state index in [2.05, 4.69) is 20.0 Å². The van der Waals surface area contributed by atoms with Crippen LogP contribution in [0.5, 0.6) is 0 Å². The molecule has 7 nitrogen and oxygen atoms in total. The number of hydrazine groups is 1. The summed E-state index contributed by atoms with van der Waals surface area (Å²) in [6.07, 6.45) is 3.62. The Labute approximate surface area is 118 Å². The minimum Gasteiger partial charge on any atom is -0.307 e. The summed E-state index contributed by atoms with van der Waals surface area (Å²) in [6.45, 7) is 2.94. The van der Waals surface area contributed by atoms with Crippen molar-refractivity contribution in [3.05, 3.63) is 18.3 Å². The minimum atomic E-state index is -3.61. The SMILES string of the molecule is NNc1ncccc1S(=O)(=O)NC1CN2CCC1CC2. The molecule has 4 rings (SSSR count). The maximum Gasteiger partial charge on any atom is 0.244 e. The number of nitrogens with two attached hydrogens (primary N) is 1. The minimum absolute atomic E-state index is 0.0201. The van der Waals surface area contributed by atoms with Gasteiger partial charge in [0, 0.05) is 18.8 Å². The lowest BCUT2D eigenvalue weighted by Crippen LogP contribution is -2.57. The third-order valence-electron chi connectivity index (χ3n) is 4.16. The fourth-order valence-electron chi connectivity index (χ4n) is 3.08. The Kier molecular flexibility index (Phi) is 3.63. The van der Waals surface area contributed by atoms with E-state index in [4.69, 9.17) is 5.84 Å². The lowest BCUT2D eigenvalue weighted by Gasteiger charge is -2.44. The van der Waals surface area contributed by atoms with Crippen LogP contribution in [-0.4, -0.2) is 44.0 Å². The molecule has 1 atom stereocenters. The van der Waals surface area contributed by atoms with E-state index in [9.17, 15) is 8.42 Å². The number of nitrogens with one attached hydrogen (secondary N) is 2. The van der Waals surface area contributed by atoms with E-state index in [1.165, 1.54) is 12.3 Å². The number of sulfonamides is 1. The molecule has 4 N–H and O–H groups in total. The van der Waals surface area contributed by atoms with Crippen molar-refractivity contribution in [3.8, 4) is 0 Å². The summed E-state index contributed by atoms with van der Waals surface area (Å²) in [7, 11) is -3.61. The molecule has 3 fully saturated rings. The Morgan fingerprint density at radius 2 is 2.10 bits per heavy atom. The molecule has 3 aliphatic heterocycles. The monoisotopic (exact) mass is 297 g/mol. The van der Waals surface area contributed by atoms with Crippen LogP contribution in [0.3, 0.4) is 0 Å². The molecule has 0 saturated carbocycles. The molecule has 0 aromatic carbocycles. The van der Waals surface area contributed by atoms with Gasteiger partial charge in [0.25, 0.3) is 0 Å². The van der Waals surface area contributed by atoms with E-state index in [-0.39, 0.29) is 16.8 Å². The Balaban J connectivity index is 1.82. The summed E-state index contributed by atoms with van der Waals surface area (Å²) >= 11 is 0. The summed E-state index contributed by atoms with van der Waals surface area (Å²) in [5, 5.41) is 0. The van der Waals surface area contributed by atoms with E-state index in [0.29, 0.717) is 5.92 Å². The summed E-state index contributed by atoms with van der Waals surface area (Å²) in [6, 6.07) is 3.07. The Morgan fingerprint density at radius 3 is 2.70 bits per heavy atom. The number of piperidine rings is 3. The number of aromatic nitrogens is 1. The summed E-state index contributed by atoms with van der Waals surface area (Å²) in [4.78, 5) is 6.34. The van der Waals surface area contributed by atoms with Gasteiger partial charge in [0.2, 0.25) is 10.0 Å². The standard InChI is InChI=1S/C12H19N5O2S/c13-15-12-11(2-1-5-14-12)20(18,19)16-10-8-17-6-3-9(10)4-7-17/h1-2,5,9-10,16H,3-4,6-8,13H2,(H,14,15). The van der Waals surface area contributed by atoms with Crippen LogP contribution in [0.4, 0.5) is 5.82 Å². The van der Waals surface area contributed by atoms with Gasteiger partial charge in [-0.3, -0.25) is 0 Å². The van der Waals surface area contributed by atoms with Gasteiger partial charge in [0.1, 0.15) is 4.90 Å². The molecule has 4 heterocycles. The predicted molar refractivity (Wildman–Crippen MR) is 75.3 cm³/mol. The molecule has 3 saturated heterocycles. The number of hydrogen-bond donors (Lipinski definition) is 3. The molecule has 1 aromatic rings. The average Bonchev–Trinajstić information content (AvgIpc) is 2.48. The van der Waals surface area contributed by atoms with Crippen molar-refractivity contribution in [1.29, 1.82) is 0 Å². The normalized spacial score (nSPS) is 29.4.